The predicted molar refractivity (Wildman–Crippen MR) is 34.9 cm³/mol. The summed E-state index contributed by atoms with van der Waals surface area (Å²) in [5, 5.41) is 0.343. The summed E-state index contributed by atoms with van der Waals surface area (Å²) in [6, 6.07) is 0. The van der Waals surface area contributed by atoms with Gasteiger partial charge in [-0.1, -0.05) is 24.3 Å². The fourth-order valence-corrected chi connectivity index (χ4v) is 1.66. The van der Waals surface area contributed by atoms with E-state index < -0.39 is 0 Å². The molecule has 0 aromatic carbocycles. The number of allylic oxidation sites excluding steroid dienone is 4. The van der Waals surface area contributed by atoms with Crippen molar-refractivity contribution in [2.75, 3.05) is 0 Å². The maximum Gasteiger partial charge on any atom is 0.0530 e. The first-order valence-electron chi connectivity index (χ1n) is 2.88. The summed E-state index contributed by atoms with van der Waals surface area (Å²) in [7, 11) is 0. The molecule has 2 aliphatic rings. The van der Waals surface area contributed by atoms with E-state index >= 15 is 0 Å². The molecule has 0 radical (unpaired) electrons. The molecule has 1 heteroatoms. The van der Waals surface area contributed by atoms with Crippen molar-refractivity contribution in [1.82, 2.24) is 0 Å². The summed E-state index contributed by atoms with van der Waals surface area (Å²) in [6.45, 7) is 0. The Balaban J connectivity index is 2.34. The van der Waals surface area contributed by atoms with E-state index in [0.717, 1.165) is 0 Å². The molecule has 2 bridgehead atoms. The van der Waals surface area contributed by atoms with Gasteiger partial charge in [0.2, 0.25) is 0 Å². The highest BCUT2D eigenvalue weighted by atomic mass is 35.5. The van der Waals surface area contributed by atoms with Crippen molar-refractivity contribution < 1.29 is 0 Å². The lowest BCUT2D eigenvalue weighted by molar-refractivity contribution is 0.743. The number of alkyl halides is 1. The second-order valence-electron chi connectivity index (χ2n) is 2.37. The number of rotatable bonds is 0. The Labute approximate surface area is 53.8 Å². The number of hydrogen-bond donors (Lipinski definition) is 0. The van der Waals surface area contributed by atoms with Crippen molar-refractivity contribution in [1.29, 1.82) is 0 Å². The Morgan fingerprint density at radius 2 is 1.25 bits per heavy atom. The maximum absolute atomic E-state index is 5.95. The summed E-state index contributed by atoms with van der Waals surface area (Å²) >= 11 is 5.95. The molecule has 2 rings (SSSR count). The van der Waals surface area contributed by atoms with E-state index in [1.165, 1.54) is 0 Å². The lowest BCUT2D eigenvalue weighted by Gasteiger charge is -2.03. The molecule has 2 aliphatic carbocycles. The molecule has 0 aliphatic heterocycles. The van der Waals surface area contributed by atoms with E-state index in [1.807, 2.05) is 0 Å². The van der Waals surface area contributed by atoms with Crippen molar-refractivity contribution in [3.05, 3.63) is 24.3 Å². The highest BCUT2D eigenvalue weighted by molar-refractivity contribution is 6.22. The van der Waals surface area contributed by atoms with Crippen molar-refractivity contribution in [3.8, 4) is 0 Å². The van der Waals surface area contributed by atoms with Crippen LogP contribution in [0.4, 0.5) is 0 Å². The highest BCUT2D eigenvalue weighted by Crippen LogP contribution is 2.36. The standard InChI is InChI=1S/C7H7Cl/c8-7-5-1-2-6(7)4-3-5/h1-7H. The van der Waals surface area contributed by atoms with Crippen molar-refractivity contribution >= 4 is 11.6 Å². The third-order valence-electron chi connectivity index (χ3n) is 1.85. The molecule has 0 heterocycles. The zero-order chi connectivity index (χ0) is 5.56. The van der Waals surface area contributed by atoms with Crippen molar-refractivity contribution in [2.45, 2.75) is 5.38 Å². The van der Waals surface area contributed by atoms with Crippen LogP contribution in [0.5, 0.6) is 0 Å². The van der Waals surface area contributed by atoms with E-state index in [9.17, 15) is 0 Å². The Kier molecular flexibility index (Phi) is 0.800. The van der Waals surface area contributed by atoms with Crippen LogP contribution < -0.4 is 0 Å². The summed E-state index contributed by atoms with van der Waals surface area (Å²) in [5.41, 5.74) is 0. The van der Waals surface area contributed by atoms with Crippen LogP contribution in [0.15, 0.2) is 24.3 Å². The van der Waals surface area contributed by atoms with Crippen LogP contribution in [0.25, 0.3) is 0 Å². The molecule has 0 saturated heterocycles. The monoisotopic (exact) mass is 126 g/mol. The van der Waals surface area contributed by atoms with E-state index in [0.29, 0.717) is 17.2 Å². The fraction of sp³-hybridized carbons (Fsp3) is 0.429. The lowest BCUT2D eigenvalue weighted by Crippen LogP contribution is -2.04. The first-order valence-corrected chi connectivity index (χ1v) is 3.32. The van der Waals surface area contributed by atoms with Gasteiger partial charge >= 0.3 is 0 Å². The highest BCUT2D eigenvalue weighted by Gasteiger charge is 2.30. The molecule has 8 heavy (non-hydrogen) atoms. The minimum atomic E-state index is 0.343. The Morgan fingerprint density at radius 1 is 0.875 bits per heavy atom. The number of halogens is 1. The largest absolute Gasteiger partial charge is 0.121 e. The third kappa shape index (κ3) is 0.416. The van der Waals surface area contributed by atoms with E-state index in [4.69, 9.17) is 11.6 Å². The molecule has 0 saturated carbocycles. The summed E-state index contributed by atoms with van der Waals surface area (Å²) in [6.07, 6.45) is 8.73. The molecule has 0 amide bonds. The van der Waals surface area contributed by atoms with E-state index in [-0.39, 0.29) is 0 Å². The van der Waals surface area contributed by atoms with Crippen LogP contribution in [0.2, 0.25) is 0 Å². The normalized spacial score (nSPS) is 48.9. The van der Waals surface area contributed by atoms with Gasteiger partial charge in [-0.05, 0) is 0 Å². The summed E-state index contributed by atoms with van der Waals surface area (Å²) in [4.78, 5) is 0. The van der Waals surface area contributed by atoms with Gasteiger partial charge < -0.3 is 0 Å². The van der Waals surface area contributed by atoms with Crippen LogP contribution >= 0.6 is 11.6 Å². The quantitative estimate of drug-likeness (QED) is 0.344. The summed E-state index contributed by atoms with van der Waals surface area (Å²) < 4.78 is 0. The third-order valence-corrected chi connectivity index (χ3v) is 2.43. The van der Waals surface area contributed by atoms with Gasteiger partial charge in [0, 0.05) is 11.8 Å². The molecule has 0 N–H and O–H groups in total. The van der Waals surface area contributed by atoms with Gasteiger partial charge in [0.15, 0.2) is 0 Å². The van der Waals surface area contributed by atoms with Gasteiger partial charge in [-0.15, -0.1) is 11.6 Å². The first kappa shape index (κ1) is 4.63. The minimum absolute atomic E-state index is 0.343. The van der Waals surface area contributed by atoms with Gasteiger partial charge in [0.25, 0.3) is 0 Å². The van der Waals surface area contributed by atoms with Gasteiger partial charge in [0.1, 0.15) is 0 Å². The van der Waals surface area contributed by atoms with Crippen LogP contribution in [0.3, 0.4) is 0 Å². The summed E-state index contributed by atoms with van der Waals surface area (Å²) in [5.74, 6) is 1.09. The zero-order valence-corrected chi connectivity index (χ0v) is 5.18. The fourth-order valence-electron chi connectivity index (χ4n) is 1.32. The Morgan fingerprint density at radius 3 is 1.38 bits per heavy atom. The molecule has 0 aromatic rings. The van der Waals surface area contributed by atoms with E-state index in [1.54, 1.807) is 0 Å². The SMILES string of the molecule is ClC1C2C=CC1C=C2. The van der Waals surface area contributed by atoms with Gasteiger partial charge in [-0.3, -0.25) is 0 Å². The molecule has 0 unspecified atom stereocenters. The zero-order valence-electron chi connectivity index (χ0n) is 4.42. The molecular weight excluding hydrogens is 120 g/mol. The van der Waals surface area contributed by atoms with Crippen LogP contribution in [-0.4, -0.2) is 5.38 Å². The van der Waals surface area contributed by atoms with Gasteiger partial charge in [-0.2, -0.15) is 0 Å². The molecule has 42 valence electrons. The van der Waals surface area contributed by atoms with Crippen LogP contribution in [0, 0.1) is 11.8 Å². The second-order valence-corrected chi connectivity index (χ2v) is 2.87. The van der Waals surface area contributed by atoms with E-state index in [2.05, 4.69) is 24.3 Å². The second kappa shape index (κ2) is 1.38. The molecule has 0 aromatic heterocycles. The predicted octanol–water partition coefficient (Wildman–Crippen LogP) is 1.97. The van der Waals surface area contributed by atoms with Crippen molar-refractivity contribution in [3.63, 3.8) is 0 Å². The Hall–Kier alpha value is -0.230. The number of hydrogen-bond acceptors (Lipinski definition) is 0. The average Bonchev–Trinajstić information content (AvgIpc) is 2.29. The van der Waals surface area contributed by atoms with Gasteiger partial charge in [-0.25, -0.2) is 0 Å². The smallest absolute Gasteiger partial charge is 0.0530 e. The molecular formula is C7H7Cl. The molecule has 0 nitrogen and oxygen atoms in total. The lowest BCUT2D eigenvalue weighted by atomic mass is 10.1. The Bertz CT molecular complexity index is 128. The number of fused-ring (bicyclic) bond motifs is 2. The van der Waals surface area contributed by atoms with Gasteiger partial charge in [0.05, 0.1) is 5.38 Å². The topological polar surface area (TPSA) is 0 Å². The van der Waals surface area contributed by atoms with Crippen LogP contribution in [0.1, 0.15) is 0 Å². The molecule has 0 atom stereocenters. The minimum Gasteiger partial charge on any atom is -0.121 e. The maximum atomic E-state index is 5.95. The first-order chi connectivity index (χ1) is 3.88. The van der Waals surface area contributed by atoms with Crippen LogP contribution in [-0.2, 0) is 0 Å². The molecule has 0 spiro atoms. The average molecular weight is 127 g/mol. The molecule has 0 fully saturated rings. The van der Waals surface area contributed by atoms with Crippen molar-refractivity contribution in [2.24, 2.45) is 11.8 Å².